The quantitative estimate of drug-likeness (QED) is 0.174. The Labute approximate surface area is 329 Å². The van der Waals surface area contributed by atoms with Crippen LogP contribution in [0.15, 0.2) is 179 Å². The smallest absolute Gasteiger partial charge is 0.227 e. The summed E-state index contributed by atoms with van der Waals surface area (Å²) in [6.45, 7) is 0. The first-order valence-corrected chi connectivity index (χ1v) is 19.6. The zero-order valence-corrected chi connectivity index (χ0v) is 31.0. The summed E-state index contributed by atoms with van der Waals surface area (Å²) in [5.41, 5.74) is 8.87. The molecule has 0 atom stereocenters. The lowest BCUT2D eigenvalue weighted by atomic mass is 9.95. The number of furan rings is 1. The van der Waals surface area contributed by atoms with Gasteiger partial charge in [-0.15, -0.1) is 11.3 Å². The van der Waals surface area contributed by atoms with E-state index in [4.69, 9.17) is 28.8 Å². The molecule has 0 bridgehead atoms. The summed E-state index contributed by atoms with van der Waals surface area (Å²) >= 11 is 1.80. The van der Waals surface area contributed by atoms with Crippen LogP contribution in [0.3, 0.4) is 0 Å². The molecule has 0 aliphatic heterocycles. The van der Waals surface area contributed by atoms with Crippen molar-refractivity contribution < 1.29 is 8.83 Å². The van der Waals surface area contributed by atoms with Gasteiger partial charge in [-0.05, 0) is 77.2 Å². The van der Waals surface area contributed by atoms with Crippen molar-refractivity contribution in [2.75, 3.05) is 0 Å². The van der Waals surface area contributed by atoms with Gasteiger partial charge >= 0.3 is 0 Å². The van der Waals surface area contributed by atoms with E-state index in [1.54, 1.807) is 11.3 Å². The Hall–Kier alpha value is -7.48. The lowest BCUT2D eigenvalue weighted by molar-refractivity contribution is 0.623. The molecular weight excluding hydrogens is 721 g/mol. The normalized spacial score (nSPS) is 11.9. The zero-order valence-electron chi connectivity index (χ0n) is 30.2. The predicted molar refractivity (Wildman–Crippen MR) is 232 cm³/mol. The number of thiophene rings is 1. The van der Waals surface area contributed by atoms with Crippen LogP contribution in [0.4, 0.5) is 0 Å². The molecule has 12 aromatic rings. The predicted octanol–water partition coefficient (Wildman–Crippen LogP) is 13.8. The summed E-state index contributed by atoms with van der Waals surface area (Å²) in [6, 6.07) is 58.1. The van der Waals surface area contributed by atoms with Crippen LogP contribution in [0.1, 0.15) is 0 Å². The van der Waals surface area contributed by atoms with Crippen LogP contribution in [0.2, 0.25) is 0 Å². The lowest BCUT2D eigenvalue weighted by Crippen LogP contribution is -2.00. The largest absolute Gasteiger partial charge is 0.456 e. The molecule has 266 valence electrons. The Bertz CT molecular complexity index is 3530. The van der Waals surface area contributed by atoms with Crippen LogP contribution in [0.25, 0.3) is 121 Å². The molecular formula is C50H28N4O2S. The highest BCUT2D eigenvalue weighted by molar-refractivity contribution is 7.25. The molecule has 0 amide bonds. The van der Waals surface area contributed by atoms with Gasteiger partial charge in [0.25, 0.3) is 0 Å². The van der Waals surface area contributed by atoms with Gasteiger partial charge in [-0.2, -0.15) is 0 Å². The highest BCUT2D eigenvalue weighted by Crippen LogP contribution is 2.42. The van der Waals surface area contributed by atoms with Crippen molar-refractivity contribution in [2.45, 2.75) is 0 Å². The highest BCUT2D eigenvalue weighted by Gasteiger charge is 2.20. The van der Waals surface area contributed by atoms with E-state index in [9.17, 15) is 0 Å². The third-order valence-electron chi connectivity index (χ3n) is 10.8. The Morgan fingerprint density at radius 2 is 1.09 bits per heavy atom. The van der Waals surface area contributed by atoms with E-state index < -0.39 is 0 Å². The third kappa shape index (κ3) is 5.17. The second kappa shape index (κ2) is 12.5. The second-order valence-corrected chi connectivity index (χ2v) is 15.3. The molecule has 0 aliphatic carbocycles. The third-order valence-corrected chi connectivity index (χ3v) is 11.9. The minimum Gasteiger partial charge on any atom is -0.456 e. The molecule has 0 saturated carbocycles. The molecule has 0 fully saturated rings. The van der Waals surface area contributed by atoms with Gasteiger partial charge in [-0.1, -0.05) is 109 Å². The van der Waals surface area contributed by atoms with Gasteiger partial charge in [-0.3, -0.25) is 0 Å². The summed E-state index contributed by atoms with van der Waals surface area (Å²) in [6.07, 6.45) is 0. The lowest BCUT2D eigenvalue weighted by Gasteiger charge is -2.10. The van der Waals surface area contributed by atoms with Crippen molar-refractivity contribution in [1.82, 2.24) is 19.9 Å². The van der Waals surface area contributed by atoms with Crippen molar-refractivity contribution in [1.29, 1.82) is 0 Å². The Morgan fingerprint density at radius 1 is 0.386 bits per heavy atom. The van der Waals surface area contributed by atoms with Crippen molar-refractivity contribution >= 4 is 75.3 Å². The van der Waals surface area contributed by atoms with E-state index in [0.29, 0.717) is 23.4 Å². The first-order chi connectivity index (χ1) is 28.2. The van der Waals surface area contributed by atoms with Gasteiger partial charge in [0.1, 0.15) is 16.7 Å². The van der Waals surface area contributed by atoms with Crippen LogP contribution in [-0.4, -0.2) is 19.9 Å². The Balaban J connectivity index is 1.06. The Morgan fingerprint density at radius 3 is 1.96 bits per heavy atom. The zero-order chi connectivity index (χ0) is 37.5. The van der Waals surface area contributed by atoms with Crippen molar-refractivity contribution in [3.8, 4) is 56.7 Å². The van der Waals surface area contributed by atoms with Crippen molar-refractivity contribution in [2.24, 2.45) is 0 Å². The molecule has 6 nitrogen and oxygen atoms in total. The fourth-order valence-corrected chi connectivity index (χ4v) is 9.17. The van der Waals surface area contributed by atoms with E-state index in [-0.39, 0.29) is 0 Å². The molecule has 4 heterocycles. The van der Waals surface area contributed by atoms with Gasteiger partial charge < -0.3 is 8.83 Å². The van der Waals surface area contributed by atoms with Crippen molar-refractivity contribution in [3.05, 3.63) is 170 Å². The van der Waals surface area contributed by atoms with Gasteiger partial charge in [0.2, 0.25) is 5.89 Å². The maximum absolute atomic E-state index is 6.53. The standard InChI is InChI=1S/C50H28N4O2S/c1-3-11-30(12-4-1)47-52-48(33-23-26-43-37(28-33)35-16-7-8-20-42(35)57-43)54-49(53-47)36-18-10-19-41-45(36)38-27-32(22-25-40(38)55-41)34-17-9-15-29-21-24-39-46(44(29)34)56-50(51-39)31-13-5-2-6-14-31/h1-28H. The highest BCUT2D eigenvalue weighted by atomic mass is 32.1. The number of aromatic nitrogens is 4. The summed E-state index contributed by atoms with van der Waals surface area (Å²) in [5.74, 6) is 2.40. The first-order valence-electron chi connectivity index (χ1n) is 18.8. The van der Waals surface area contributed by atoms with Gasteiger partial charge in [0.15, 0.2) is 23.1 Å². The minimum absolute atomic E-state index is 0.579. The molecule has 0 aliphatic rings. The van der Waals surface area contributed by atoms with Gasteiger partial charge in [0.05, 0.1) is 0 Å². The van der Waals surface area contributed by atoms with Crippen LogP contribution in [0.5, 0.6) is 0 Å². The summed E-state index contributed by atoms with van der Waals surface area (Å²) in [5, 5.41) is 6.43. The number of fused-ring (bicyclic) bond motifs is 9. The summed E-state index contributed by atoms with van der Waals surface area (Å²) in [7, 11) is 0. The molecule has 0 N–H and O–H groups in total. The SMILES string of the molecule is c1ccc(-c2nc(-c3ccc4sc5ccccc5c4c3)nc(-c3cccc4oc5ccc(-c6cccc7ccc8nc(-c9ccccc9)oc8c67)cc5c34)n2)cc1. The maximum atomic E-state index is 6.53. The molecule has 7 heteroatoms. The minimum atomic E-state index is 0.579. The maximum Gasteiger partial charge on any atom is 0.227 e. The number of hydrogen-bond acceptors (Lipinski definition) is 7. The molecule has 8 aromatic carbocycles. The fourth-order valence-electron chi connectivity index (χ4n) is 8.09. The molecule has 0 spiro atoms. The average molecular weight is 749 g/mol. The van der Waals surface area contributed by atoms with E-state index in [2.05, 4.69) is 91.0 Å². The van der Waals surface area contributed by atoms with Gasteiger partial charge in [0, 0.05) is 58.6 Å². The van der Waals surface area contributed by atoms with E-state index in [1.807, 2.05) is 78.9 Å². The van der Waals surface area contributed by atoms with Gasteiger partial charge in [-0.25, -0.2) is 19.9 Å². The summed E-state index contributed by atoms with van der Waals surface area (Å²) < 4.78 is 15.6. The first kappa shape index (κ1) is 31.8. The summed E-state index contributed by atoms with van der Waals surface area (Å²) in [4.78, 5) is 20.3. The Kier molecular flexibility index (Phi) is 7.00. The van der Waals surface area contributed by atoms with E-state index in [0.717, 1.165) is 77.2 Å². The number of oxazole rings is 1. The molecule has 0 unspecified atom stereocenters. The molecule has 57 heavy (non-hydrogen) atoms. The van der Waals surface area contributed by atoms with Crippen molar-refractivity contribution in [3.63, 3.8) is 0 Å². The number of rotatable bonds is 5. The topological polar surface area (TPSA) is 77.8 Å². The van der Waals surface area contributed by atoms with Crippen LogP contribution in [-0.2, 0) is 0 Å². The van der Waals surface area contributed by atoms with E-state index >= 15 is 0 Å². The van der Waals surface area contributed by atoms with Crippen LogP contribution < -0.4 is 0 Å². The second-order valence-electron chi connectivity index (χ2n) is 14.2. The van der Waals surface area contributed by atoms with Crippen LogP contribution in [0, 0.1) is 0 Å². The molecule has 4 aromatic heterocycles. The fraction of sp³-hybridized carbons (Fsp3) is 0. The molecule has 12 rings (SSSR count). The van der Waals surface area contributed by atoms with Crippen LogP contribution >= 0.6 is 11.3 Å². The number of hydrogen-bond donors (Lipinski definition) is 0. The monoisotopic (exact) mass is 748 g/mol. The number of benzene rings is 8. The average Bonchev–Trinajstić information content (AvgIpc) is 4.00. The van der Waals surface area contributed by atoms with E-state index in [1.165, 1.54) is 20.2 Å². The molecule has 0 saturated heterocycles. The molecule has 0 radical (unpaired) electrons. The number of nitrogens with zero attached hydrogens (tertiary/aromatic N) is 4.